The lowest BCUT2D eigenvalue weighted by atomic mass is 10.2. The van der Waals surface area contributed by atoms with Crippen LogP contribution in [0, 0.1) is 5.82 Å². The summed E-state index contributed by atoms with van der Waals surface area (Å²) in [6.45, 7) is 0.915. The quantitative estimate of drug-likeness (QED) is 0.543. The second-order valence-electron chi connectivity index (χ2n) is 3.14. The maximum absolute atomic E-state index is 12.8. The van der Waals surface area contributed by atoms with Crippen molar-refractivity contribution >= 4 is 29.0 Å². The van der Waals surface area contributed by atoms with Gasteiger partial charge in [0.2, 0.25) is 0 Å². The van der Waals surface area contributed by atoms with E-state index >= 15 is 0 Å². The van der Waals surface area contributed by atoms with Gasteiger partial charge in [-0.05, 0) is 17.7 Å². The molecule has 0 radical (unpaired) electrons. The molecule has 1 unspecified atom stereocenters. The van der Waals surface area contributed by atoms with Gasteiger partial charge in [-0.25, -0.2) is 4.39 Å². The van der Waals surface area contributed by atoms with Gasteiger partial charge in [0.25, 0.3) is 0 Å². The zero-order valence-corrected chi connectivity index (χ0v) is 9.82. The highest BCUT2D eigenvalue weighted by molar-refractivity contribution is 8.11. The number of rotatable bonds is 5. The minimum Gasteiger partial charge on any atom is -0.329 e. The van der Waals surface area contributed by atoms with Crippen molar-refractivity contribution in [2.24, 2.45) is 5.73 Å². The van der Waals surface area contributed by atoms with Crippen molar-refractivity contribution in [1.82, 2.24) is 5.32 Å². The zero-order valence-electron chi connectivity index (χ0n) is 8.11. The van der Waals surface area contributed by atoms with Gasteiger partial charge in [0.05, 0.1) is 10.2 Å². The second-order valence-corrected chi connectivity index (χ2v) is 4.36. The predicted molar refractivity (Wildman–Crippen MR) is 67.7 cm³/mol. The van der Waals surface area contributed by atoms with E-state index in [-0.39, 0.29) is 11.9 Å². The maximum atomic E-state index is 12.8. The Kier molecular flexibility index (Phi) is 5.17. The smallest absolute Gasteiger partial charge is 0.123 e. The van der Waals surface area contributed by atoms with Crippen LogP contribution in [-0.2, 0) is 6.54 Å². The molecule has 0 saturated carbocycles. The Hall–Kier alpha value is -0.490. The number of nitrogens with one attached hydrogen (secondary N) is 1. The Morgan fingerprint density at radius 2 is 2.33 bits per heavy atom. The zero-order chi connectivity index (χ0) is 11.3. The first-order chi connectivity index (χ1) is 7.13. The summed E-state index contributed by atoms with van der Waals surface area (Å²) in [6.07, 6.45) is 0. The van der Waals surface area contributed by atoms with E-state index in [9.17, 15) is 4.39 Å². The molecule has 1 atom stereocenters. The van der Waals surface area contributed by atoms with Crippen LogP contribution in [0.15, 0.2) is 24.3 Å². The summed E-state index contributed by atoms with van der Waals surface area (Å²) in [5.41, 5.74) is 6.35. The minimum absolute atomic E-state index is 0.119. The Morgan fingerprint density at radius 3 is 2.87 bits per heavy atom. The van der Waals surface area contributed by atoms with Crippen molar-refractivity contribution in [2.75, 3.05) is 6.54 Å². The third kappa shape index (κ3) is 4.25. The number of thiocarbonyl (C=S) groups is 1. The molecule has 0 saturated heterocycles. The van der Waals surface area contributed by atoms with E-state index in [1.54, 1.807) is 6.07 Å². The van der Waals surface area contributed by atoms with E-state index in [0.29, 0.717) is 17.3 Å². The van der Waals surface area contributed by atoms with E-state index in [1.165, 1.54) is 12.1 Å². The van der Waals surface area contributed by atoms with Gasteiger partial charge in [-0.1, -0.05) is 24.4 Å². The lowest BCUT2D eigenvalue weighted by Crippen LogP contribution is -2.39. The molecule has 5 heteroatoms. The summed E-state index contributed by atoms with van der Waals surface area (Å²) in [4.78, 5) is 0. The molecule has 1 rings (SSSR count). The molecule has 1 aromatic rings. The van der Waals surface area contributed by atoms with Crippen LogP contribution in [0.25, 0.3) is 0 Å². The second kappa shape index (κ2) is 6.17. The topological polar surface area (TPSA) is 38.0 Å². The predicted octanol–water partition coefficient (Wildman–Crippen LogP) is 1.50. The highest BCUT2D eigenvalue weighted by Gasteiger charge is 2.08. The monoisotopic (exact) mass is 244 g/mol. The first-order valence-corrected chi connectivity index (χ1v) is 5.39. The largest absolute Gasteiger partial charge is 0.329 e. The Bertz CT molecular complexity index is 344. The molecule has 0 spiro atoms. The summed E-state index contributed by atoms with van der Waals surface area (Å²) in [6, 6.07) is 6.27. The molecule has 0 bridgehead atoms. The summed E-state index contributed by atoms with van der Waals surface area (Å²) in [5, 5.41) is 3.10. The average molecular weight is 244 g/mol. The molecule has 2 nitrogen and oxygen atoms in total. The number of nitrogens with two attached hydrogens (primary N) is 1. The standard InChI is InChI=1S/C10H13FN2S2/c11-8-3-1-2-7(4-8)6-13-9(5-12)10(14)15/h1-4,9,13H,5-6,12H2,(H,14,15). The average Bonchev–Trinajstić information content (AvgIpc) is 2.18. The van der Waals surface area contributed by atoms with Gasteiger partial charge in [0.15, 0.2) is 0 Å². The van der Waals surface area contributed by atoms with Gasteiger partial charge >= 0.3 is 0 Å². The van der Waals surface area contributed by atoms with E-state index in [1.807, 2.05) is 6.07 Å². The third-order valence-electron chi connectivity index (χ3n) is 1.98. The number of hydrogen-bond donors (Lipinski definition) is 3. The normalized spacial score (nSPS) is 12.5. The molecule has 0 fully saturated rings. The molecule has 0 aromatic heterocycles. The summed E-state index contributed by atoms with van der Waals surface area (Å²) in [7, 11) is 0. The number of halogens is 1. The lowest BCUT2D eigenvalue weighted by molar-refractivity contribution is 0.610. The van der Waals surface area contributed by atoms with Crippen LogP contribution in [0.5, 0.6) is 0 Å². The number of thiol groups is 1. The molecule has 82 valence electrons. The van der Waals surface area contributed by atoms with E-state index < -0.39 is 0 Å². The van der Waals surface area contributed by atoms with Crippen molar-refractivity contribution in [1.29, 1.82) is 0 Å². The SMILES string of the molecule is NCC(NCc1cccc(F)c1)C(=S)S. The van der Waals surface area contributed by atoms with Gasteiger partial charge in [-0.3, -0.25) is 0 Å². The van der Waals surface area contributed by atoms with Crippen molar-refractivity contribution in [3.8, 4) is 0 Å². The van der Waals surface area contributed by atoms with Gasteiger partial charge in [0.1, 0.15) is 5.82 Å². The third-order valence-corrected chi connectivity index (χ3v) is 2.57. The molecule has 0 aliphatic carbocycles. The first-order valence-electron chi connectivity index (χ1n) is 4.54. The van der Waals surface area contributed by atoms with Gasteiger partial charge < -0.3 is 11.1 Å². The fourth-order valence-electron chi connectivity index (χ4n) is 1.16. The van der Waals surface area contributed by atoms with Crippen LogP contribution < -0.4 is 11.1 Å². The molecule has 0 aliphatic rings. The van der Waals surface area contributed by atoms with Gasteiger partial charge in [-0.2, -0.15) is 0 Å². The Labute approximate surface area is 99.5 Å². The molecule has 1 aromatic carbocycles. The highest BCUT2D eigenvalue weighted by atomic mass is 32.1. The molecule has 15 heavy (non-hydrogen) atoms. The fraction of sp³-hybridized carbons (Fsp3) is 0.300. The van der Waals surface area contributed by atoms with Crippen LogP contribution in [0.1, 0.15) is 5.56 Å². The van der Waals surface area contributed by atoms with Crippen molar-refractivity contribution in [2.45, 2.75) is 12.6 Å². The fourth-order valence-corrected chi connectivity index (χ4v) is 1.54. The van der Waals surface area contributed by atoms with E-state index in [2.05, 4.69) is 17.9 Å². The summed E-state index contributed by atoms with van der Waals surface area (Å²) in [5.74, 6) is -0.243. The van der Waals surface area contributed by atoms with Crippen molar-refractivity contribution in [3.05, 3.63) is 35.6 Å². The summed E-state index contributed by atoms with van der Waals surface area (Å²) >= 11 is 8.96. The summed E-state index contributed by atoms with van der Waals surface area (Å²) < 4.78 is 13.4. The Balaban J connectivity index is 2.52. The first kappa shape index (κ1) is 12.6. The van der Waals surface area contributed by atoms with Crippen molar-refractivity contribution < 1.29 is 4.39 Å². The van der Waals surface area contributed by atoms with Gasteiger partial charge in [-0.15, -0.1) is 12.6 Å². The molecule has 0 aliphatic heterocycles. The van der Waals surface area contributed by atoms with Crippen LogP contribution in [-0.4, -0.2) is 16.8 Å². The lowest BCUT2D eigenvalue weighted by Gasteiger charge is -2.14. The van der Waals surface area contributed by atoms with Crippen LogP contribution in [0.2, 0.25) is 0 Å². The number of hydrogen-bond acceptors (Lipinski definition) is 3. The maximum Gasteiger partial charge on any atom is 0.123 e. The molecule has 0 amide bonds. The molecule has 0 heterocycles. The van der Waals surface area contributed by atoms with Gasteiger partial charge in [0, 0.05) is 13.1 Å². The highest BCUT2D eigenvalue weighted by Crippen LogP contribution is 2.04. The molecule has 3 N–H and O–H groups in total. The van der Waals surface area contributed by atoms with Crippen LogP contribution in [0.3, 0.4) is 0 Å². The minimum atomic E-state index is -0.243. The molecular formula is C10H13FN2S2. The van der Waals surface area contributed by atoms with Crippen LogP contribution >= 0.6 is 24.8 Å². The Morgan fingerprint density at radius 1 is 1.60 bits per heavy atom. The van der Waals surface area contributed by atoms with E-state index in [4.69, 9.17) is 18.0 Å². The van der Waals surface area contributed by atoms with Crippen LogP contribution in [0.4, 0.5) is 4.39 Å². The van der Waals surface area contributed by atoms with Crippen molar-refractivity contribution in [3.63, 3.8) is 0 Å². The molecular weight excluding hydrogens is 231 g/mol. The number of benzene rings is 1. The van der Waals surface area contributed by atoms with E-state index in [0.717, 1.165) is 5.56 Å².